The van der Waals surface area contributed by atoms with Crippen LogP contribution in [0.1, 0.15) is 26.2 Å². The lowest BCUT2D eigenvalue weighted by Gasteiger charge is -2.42. The Kier molecular flexibility index (Phi) is 3.85. The number of benzene rings is 1. The maximum absolute atomic E-state index is 13.8. The smallest absolute Gasteiger partial charge is 0.240 e. The fourth-order valence-corrected chi connectivity index (χ4v) is 2.74. The third-order valence-corrected chi connectivity index (χ3v) is 4.18. The zero-order valence-corrected chi connectivity index (χ0v) is 11.7. The molecular formula is C14H17FN2OS. The number of hydrogen-bond donors (Lipinski definition) is 1. The number of anilines is 1. The highest BCUT2D eigenvalue weighted by atomic mass is 32.1. The van der Waals surface area contributed by atoms with Gasteiger partial charge in [-0.05, 0) is 31.9 Å². The number of halogens is 1. The highest BCUT2D eigenvalue weighted by molar-refractivity contribution is 7.80. The van der Waals surface area contributed by atoms with Crippen LogP contribution in [-0.4, -0.2) is 17.4 Å². The van der Waals surface area contributed by atoms with Crippen molar-refractivity contribution in [2.45, 2.75) is 26.2 Å². The summed E-state index contributed by atoms with van der Waals surface area (Å²) in [7, 11) is 0. The van der Waals surface area contributed by atoms with Crippen molar-refractivity contribution in [2.75, 3.05) is 11.4 Å². The van der Waals surface area contributed by atoms with Gasteiger partial charge in [0.2, 0.25) is 5.91 Å². The molecule has 0 atom stereocenters. The molecule has 1 amide bonds. The molecule has 0 saturated heterocycles. The molecule has 2 rings (SSSR count). The molecule has 0 bridgehead atoms. The molecule has 1 fully saturated rings. The number of rotatable bonds is 4. The average molecular weight is 280 g/mol. The Morgan fingerprint density at radius 1 is 1.47 bits per heavy atom. The predicted molar refractivity (Wildman–Crippen MR) is 77.5 cm³/mol. The zero-order chi connectivity index (χ0) is 14.0. The van der Waals surface area contributed by atoms with Gasteiger partial charge in [-0.1, -0.05) is 30.8 Å². The Morgan fingerprint density at radius 3 is 2.53 bits per heavy atom. The number of hydrogen-bond acceptors (Lipinski definition) is 2. The van der Waals surface area contributed by atoms with Gasteiger partial charge in [0.25, 0.3) is 0 Å². The second-order valence-electron chi connectivity index (χ2n) is 4.80. The SMILES string of the molecule is CCN(C(=O)C1(C(N)=S)CCC1)c1ccccc1F. The van der Waals surface area contributed by atoms with Crippen LogP contribution in [0.2, 0.25) is 0 Å². The van der Waals surface area contributed by atoms with E-state index in [9.17, 15) is 9.18 Å². The number of carbonyl (C=O) groups is 1. The molecule has 1 aromatic rings. The average Bonchev–Trinajstić information content (AvgIpc) is 2.30. The van der Waals surface area contributed by atoms with Crippen LogP contribution in [0.5, 0.6) is 0 Å². The number of para-hydroxylation sites is 1. The summed E-state index contributed by atoms with van der Waals surface area (Å²) >= 11 is 5.04. The van der Waals surface area contributed by atoms with Crippen molar-refractivity contribution in [3.05, 3.63) is 30.1 Å². The quantitative estimate of drug-likeness (QED) is 0.862. The molecule has 0 radical (unpaired) electrons. The first-order valence-electron chi connectivity index (χ1n) is 6.39. The molecular weight excluding hydrogens is 263 g/mol. The van der Waals surface area contributed by atoms with Crippen LogP contribution in [0.4, 0.5) is 10.1 Å². The van der Waals surface area contributed by atoms with E-state index in [0.717, 1.165) is 6.42 Å². The van der Waals surface area contributed by atoms with E-state index in [4.69, 9.17) is 18.0 Å². The Bertz CT molecular complexity index is 514. The standard InChI is InChI=1S/C14H17FN2OS/c1-2-17(11-7-4-3-6-10(11)15)13(18)14(12(16)19)8-5-9-14/h3-4,6-7H,2,5,8-9H2,1H3,(H2,16,19). The minimum absolute atomic E-state index is 0.182. The lowest BCUT2D eigenvalue weighted by Crippen LogP contribution is -2.54. The summed E-state index contributed by atoms with van der Waals surface area (Å²) in [6.45, 7) is 2.21. The summed E-state index contributed by atoms with van der Waals surface area (Å²) in [5, 5.41) is 0. The van der Waals surface area contributed by atoms with Crippen LogP contribution in [-0.2, 0) is 4.79 Å². The van der Waals surface area contributed by atoms with Crippen molar-refractivity contribution < 1.29 is 9.18 Å². The minimum Gasteiger partial charge on any atom is -0.392 e. The van der Waals surface area contributed by atoms with E-state index in [1.54, 1.807) is 18.2 Å². The molecule has 1 aromatic carbocycles. The van der Waals surface area contributed by atoms with Gasteiger partial charge in [0.05, 0.1) is 16.1 Å². The van der Waals surface area contributed by atoms with Crippen molar-refractivity contribution in [1.82, 2.24) is 0 Å². The van der Waals surface area contributed by atoms with Crippen molar-refractivity contribution in [2.24, 2.45) is 11.1 Å². The third-order valence-electron chi connectivity index (χ3n) is 3.79. The van der Waals surface area contributed by atoms with Gasteiger partial charge in [-0.25, -0.2) is 4.39 Å². The van der Waals surface area contributed by atoms with Crippen molar-refractivity contribution in [3.8, 4) is 0 Å². The summed E-state index contributed by atoms with van der Waals surface area (Å²) < 4.78 is 13.8. The number of carbonyl (C=O) groups excluding carboxylic acids is 1. The van der Waals surface area contributed by atoms with E-state index >= 15 is 0 Å². The molecule has 0 spiro atoms. The van der Waals surface area contributed by atoms with Gasteiger partial charge in [0.15, 0.2) is 0 Å². The van der Waals surface area contributed by atoms with E-state index in [0.29, 0.717) is 19.4 Å². The van der Waals surface area contributed by atoms with Crippen LogP contribution in [0.3, 0.4) is 0 Å². The predicted octanol–water partition coefficient (Wildman–Crippen LogP) is 2.64. The fraction of sp³-hybridized carbons (Fsp3) is 0.429. The molecule has 0 heterocycles. The molecule has 1 saturated carbocycles. The summed E-state index contributed by atoms with van der Waals surface area (Å²) in [5.41, 5.74) is 5.25. The first-order chi connectivity index (χ1) is 9.03. The van der Waals surface area contributed by atoms with Crippen molar-refractivity contribution in [3.63, 3.8) is 0 Å². The lowest BCUT2D eigenvalue weighted by molar-refractivity contribution is -0.128. The normalized spacial score (nSPS) is 16.5. The van der Waals surface area contributed by atoms with Crippen LogP contribution in [0.15, 0.2) is 24.3 Å². The number of thiocarbonyl (C=S) groups is 1. The Labute approximate surface area is 117 Å². The van der Waals surface area contributed by atoms with Crippen LogP contribution >= 0.6 is 12.2 Å². The highest BCUT2D eigenvalue weighted by Gasteiger charge is 2.49. The summed E-state index contributed by atoms with van der Waals surface area (Å²) in [5.74, 6) is -0.589. The molecule has 0 aromatic heterocycles. The van der Waals surface area contributed by atoms with Crippen molar-refractivity contribution >= 4 is 28.8 Å². The first kappa shape index (κ1) is 13.9. The van der Waals surface area contributed by atoms with Gasteiger partial charge >= 0.3 is 0 Å². The van der Waals surface area contributed by atoms with Crippen LogP contribution in [0.25, 0.3) is 0 Å². The van der Waals surface area contributed by atoms with E-state index in [1.165, 1.54) is 11.0 Å². The highest BCUT2D eigenvalue weighted by Crippen LogP contribution is 2.43. The Morgan fingerprint density at radius 2 is 2.11 bits per heavy atom. The first-order valence-corrected chi connectivity index (χ1v) is 6.80. The molecule has 5 heteroatoms. The second kappa shape index (κ2) is 5.25. The van der Waals surface area contributed by atoms with E-state index in [2.05, 4.69) is 0 Å². The molecule has 1 aliphatic rings. The number of amides is 1. The van der Waals surface area contributed by atoms with E-state index in [-0.39, 0.29) is 16.6 Å². The van der Waals surface area contributed by atoms with Gasteiger partial charge in [0, 0.05) is 6.54 Å². The number of nitrogens with zero attached hydrogens (tertiary/aromatic N) is 1. The van der Waals surface area contributed by atoms with E-state index in [1.807, 2.05) is 6.92 Å². The van der Waals surface area contributed by atoms with Gasteiger partial charge in [-0.15, -0.1) is 0 Å². The molecule has 0 unspecified atom stereocenters. The molecule has 102 valence electrons. The maximum Gasteiger partial charge on any atom is 0.240 e. The molecule has 0 aliphatic heterocycles. The fourth-order valence-electron chi connectivity index (χ4n) is 2.45. The Balaban J connectivity index is 2.35. The van der Waals surface area contributed by atoms with Gasteiger partial charge in [-0.2, -0.15) is 0 Å². The molecule has 19 heavy (non-hydrogen) atoms. The largest absolute Gasteiger partial charge is 0.392 e. The summed E-state index contributed by atoms with van der Waals surface area (Å²) in [4.78, 5) is 14.3. The third kappa shape index (κ3) is 2.23. The second-order valence-corrected chi connectivity index (χ2v) is 5.24. The minimum atomic E-state index is -0.770. The maximum atomic E-state index is 13.8. The molecule has 3 nitrogen and oxygen atoms in total. The van der Waals surface area contributed by atoms with Crippen LogP contribution in [0, 0.1) is 11.2 Å². The van der Waals surface area contributed by atoms with Crippen LogP contribution < -0.4 is 10.6 Å². The monoisotopic (exact) mass is 280 g/mol. The van der Waals surface area contributed by atoms with Crippen molar-refractivity contribution in [1.29, 1.82) is 0 Å². The van der Waals surface area contributed by atoms with Gasteiger partial charge < -0.3 is 10.6 Å². The topological polar surface area (TPSA) is 46.3 Å². The Hall–Kier alpha value is -1.49. The zero-order valence-electron chi connectivity index (χ0n) is 10.9. The summed E-state index contributed by atoms with van der Waals surface area (Å²) in [6.07, 6.45) is 2.25. The molecule has 1 aliphatic carbocycles. The lowest BCUT2D eigenvalue weighted by atomic mass is 9.67. The van der Waals surface area contributed by atoms with Gasteiger partial charge in [0.1, 0.15) is 5.82 Å². The number of nitrogens with two attached hydrogens (primary N) is 1. The van der Waals surface area contributed by atoms with Gasteiger partial charge in [-0.3, -0.25) is 4.79 Å². The summed E-state index contributed by atoms with van der Waals surface area (Å²) in [6, 6.07) is 6.26. The molecule has 2 N–H and O–H groups in total. The van der Waals surface area contributed by atoms with E-state index < -0.39 is 11.2 Å².